The number of allylic oxidation sites excluding steroid dienone is 2. The summed E-state index contributed by atoms with van der Waals surface area (Å²) in [7, 11) is -3.45. The van der Waals surface area contributed by atoms with E-state index in [-0.39, 0.29) is 35.9 Å². The van der Waals surface area contributed by atoms with Crippen LogP contribution in [-0.2, 0) is 19.6 Å². The fraction of sp³-hybridized carbons (Fsp3) is 0.524. The lowest BCUT2D eigenvalue weighted by Gasteiger charge is -2.15. The average Bonchev–Trinajstić information content (AvgIpc) is 3.44. The molecule has 3 rings (SSSR count). The first-order valence-electron chi connectivity index (χ1n) is 10.0. The summed E-state index contributed by atoms with van der Waals surface area (Å²) < 4.78 is 33.2. The minimum atomic E-state index is -3.45. The molecule has 0 spiro atoms. The first-order chi connectivity index (χ1) is 13.8. The molecule has 1 aliphatic carbocycles. The molecular formula is C21H28N2O5S. The SMILES string of the molecule is C[C@@H](NS(=O)(=O)CC/C=C/CC1CC(=O)NC1=O)c1cccc(OCC2CC2)c1. The number of amides is 2. The third-order valence-corrected chi connectivity index (χ3v) is 6.59. The van der Waals surface area contributed by atoms with Crippen LogP contribution in [-0.4, -0.2) is 32.6 Å². The van der Waals surface area contributed by atoms with Crippen molar-refractivity contribution < 1.29 is 22.7 Å². The van der Waals surface area contributed by atoms with Crippen molar-refractivity contribution in [1.82, 2.24) is 10.0 Å². The zero-order valence-corrected chi connectivity index (χ0v) is 17.4. The Morgan fingerprint density at radius 2 is 2.07 bits per heavy atom. The molecule has 1 saturated heterocycles. The Kier molecular flexibility index (Phi) is 7.08. The molecule has 8 heteroatoms. The van der Waals surface area contributed by atoms with Crippen LogP contribution in [0.2, 0.25) is 0 Å². The zero-order chi connectivity index (χ0) is 20.9. The van der Waals surface area contributed by atoms with Crippen molar-refractivity contribution in [3.05, 3.63) is 42.0 Å². The molecule has 1 aliphatic heterocycles. The van der Waals surface area contributed by atoms with Crippen molar-refractivity contribution in [3.63, 3.8) is 0 Å². The highest BCUT2D eigenvalue weighted by atomic mass is 32.2. The maximum absolute atomic E-state index is 12.4. The molecule has 1 unspecified atom stereocenters. The largest absolute Gasteiger partial charge is 0.493 e. The van der Waals surface area contributed by atoms with Crippen molar-refractivity contribution in [3.8, 4) is 5.75 Å². The van der Waals surface area contributed by atoms with Crippen LogP contribution < -0.4 is 14.8 Å². The van der Waals surface area contributed by atoms with Crippen molar-refractivity contribution in [1.29, 1.82) is 0 Å². The Morgan fingerprint density at radius 3 is 2.76 bits per heavy atom. The van der Waals surface area contributed by atoms with E-state index in [9.17, 15) is 18.0 Å². The quantitative estimate of drug-likeness (QED) is 0.423. The van der Waals surface area contributed by atoms with Gasteiger partial charge in [0.2, 0.25) is 21.8 Å². The maximum Gasteiger partial charge on any atom is 0.230 e. The zero-order valence-electron chi connectivity index (χ0n) is 16.6. The molecule has 1 aromatic rings. The number of sulfonamides is 1. The number of nitrogens with one attached hydrogen (secondary N) is 2. The Morgan fingerprint density at radius 1 is 1.28 bits per heavy atom. The van der Waals surface area contributed by atoms with E-state index >= 15 is 0 Å². The van der Waals surface area contributed by atoms with Gasteiger partial charge in [-0.1, -0.05) is 24.3 Å². The van der Waals surface area contributed by atoms with E-state index < -0.39 is 10.0 Å². The Hall–Kier alpha value is -2.19. The second-order valence-electron chi connectivity index (χ2n) is 7.79. The first-order valence-corrected chi connectivity index (χ1v) is 11.7. The van der Waals surface area contributed by atoms with Gasteiger partial charge in [-0.05, 0) is 56.2 Å². The van der Waals surface area contributed by atoms with Crippen LogP contribution >= 0.6 is 0 Å². The number of hydrogen-bond donors (Lipinski definition) is 2. The van der Waals surface area contributed by atoms with E-state index in [1.165, 1.54) is 12.8 Å². The Labute approximate surface area is 172 Å². The monoisotopic (exact) mass is 420 g/mol. The van der Waals surface area contributed by atoms with Gasteiger partial charge in [0.25, 0.3) is 0 Å². The third-order valence-electron chi connectivity index (χ3n) is 5.10. The molecule has 0 radical (unpaired) electrons. The number of ether oxygens (including phenoxy) is 1. The van der Waals surface area contributed by atoms with Crippen LogP contribution in [0.1, 0.15) is 50.6 Å². The smallest absolute Gasteiger partial charge is 0.230 e. The first kappa shape index (κ1) is 21.5. The molecule has 7 nitrogen and oxygen atoms in total. The predicted molar refractivity (Wildman–Crippen MR) is 110 cm³/mol. The standard InChI is InChI=1S/C21H28N2O5S/c1-15(17-7-5-8-19(12-17)28-14-16-9-10-16)23-29(26,27)11-4-2-3-6-18-13-20(24)22-21(18)25/h2-3,5,7-8,12,15-16,18,23H,4,6,9-11,13-14H2,1H3,(H,22,24,25)/b3-2+/t15-,18?/m1/s1. The lowest BCUT2D eigenvalue weighted by atomic mass is 10.0. The summed E-state index contributed by atoms with van der Waals surface area (Å²) in [4.78, 5) is 22.6. The molecule has 1 aromatic carbocycles. The van der Waals surface area contributed by atoms with E-state index in [0.29, 0.717) is 25.4 Å². The van der Waals surface area contributed by atoms with E-state index in [1.807, 2.05) is 31.2 Å². The van der Waals surface area contributed by atoms with E-state index in [4.69, 9.17) is 4.74 Å². The maximum atomic E-state index is 12.4. The van der Waals surface area contributed by atoms with Gasteiger partial charge < -0.3 is 4.74 Å². The summed E-state index contributed by atoms with van der Waals surface area (Å²) in [5.41, 5.74) is 0.856. The van der Waals surface area contributed by atoms with Gasteiger partial charge in [-0.25, -0.2) is 13.1 Å². The number of imide groups is 1. The summed E-state index contributed by atoms with van der Waals surface area (Å²) >= 11 is 0. The lowest BCUT2D eigenvalue weighted by Crippen LogP contribution is -2.29. The van der Waals surface area contributed by atoms with E-state index in [1.54, 1.807) is 12.2 Å². The number of rotatable bonds is 11. The highest BCUT2D eigenvalue weighted by Gasteiger charge is 2.29. The third kappa shape index (κ3) is 6.97. The van der Waals surface area contributed by atoms with Crippen LogP contribution in [0.25, 0.3) is 0 Å². The Bertz CT molecular complexity index is 877. The molecule has 2 fully saturated rings. The highest BCUT2D eigenvalue weighted by Crippen LogP contribution is 2.30. The van der Waals surface area contributed by atoms with Crippen LogP contribution in [0.5, 0.6) is 5.75 Å². The molecule has 1 heterocycles. The summed E-state index contributed by atoms with van der Waals surface area (Å²) in [6.45, 7) is 2.52. The molecule has 2 amide bonds. The van der Waals surface area contributed by atoms with Crippen molar-refractivity contribution in [2.24, 2.45) is 11.8 Å². The van der Waals surface area contributed by atoms with Gasteiger partial charge in [-0.15, -0.1) is 0 Å². The van der Waals surface area contributed by atoms with Crippen LogP contribution in [0.4, 0.5) is 0 Å². The number of carbonyl (C=O) groups is 2. The van der Waals surface area contributed by atoms with Gasteiger partial charge in [0.05, 0.1) is 18.3 Å². The molecule has 2 N–H and O–H groups in total. The van der Waals surface area contributed by atoms with Gasteiger partial charge in [0, 0.05) is 12.5 Å². The molecule has 1 saturated carbocycles. The van der Waals surface area contributed by atoms with Crippen LogP contribution in [0.3, 0.4) is 0 Å². The molecular weight excluding hydrogens is 392 g/mol. The molecule has 29 heavy (non-hydrogen) atoms. The Balaban J connectivity index is 1.43. The second kappa shape index (κ2) is 9.54. The van der Waals surface area contributed by atoms with Gasteiger partial charge in [-0.2, -0.15) is 0 Å². The summed E-state index contributed by atoms with van der Waals surface area (Å²) in [5, 5.41) is 2.26. The van der Waals surface area contributed by atoms with Gasteiger partial charge >= 0.3 is 0 Å². The molecule has 2 atom stereocenters. The van der Waals surface area contributed by atoms with Gasteiger partial charge in [-0.3, -0.25) is 14.9 Å². The van der Waals surface area contributed by atoms with Crippen molar-refractivity contribution >= 4 is 21.8 Å². The highest BCUT2D eigenvalue weighted by molar-refractivity contribution is 7.89. The number of benzene rings is 1. The minimum Gasteiger partial charge on any atom is -0.493 e. The van der Waals surface area contributed by atoms with E-state index in [2.05, 4.69) is 10.0 Å². The summed E-state index contributed by atoms with van der Waals surface area (Å²) in [6, 6.07) is 7.15. The average molecular weight is 421 g/mol. The number of carbonyl (C=O) groups excluding carboxylic acids is 2. The van der Waals surface area contributed by atoms with Crippen LogP contribution in [0, 0.1) is 11.8 Å². The molecule has 0 aromatic heterocycles. The fourth-order valence-corrected chi connectivity index (χ4v) is 4.41. The molecule has 0 bridgehead atoms. The lowest BCUT2D eigenvalue weighted by molar-refractivity contribution is -0.125. The number of hydrogen-bond acceptors (Lipinski definition) is 5. The van der Waals surface area contributed by atoms with Gasteiger partial charge in [0.1, 0.15) is 5.75 Å². The van der Waals surface area contributed by atoms with Crippen LogP contribution in [0.15, 0.2) is 36.4 Å². The second-order valence-corrected chi connectivity index (χ2v) is 9.67. The fourth-order valence-electron chi connectivity index (χ4n) is 3.17. The summed E-state index contributed by atoms with van der Waals surface area (Å²) in [6.07, 6.45) is 6.93. The summed E-state index contributed by atoms with van der Waals surface area (Å²) in [5.74, 6) is 0.524. The van der Waals surface area contributed by atoms with Gasteiger partial charge in [0.15, 0.2) is 0 Å². The minimum absolute atomic E-state index is 0.0402. The molecule has 2 aliphatic rings. The topological polar surface area (TPSA) is 102 Å². The van der Waals surface area contributed by atoms with E-state index in [0.717, 1.165) is 11.3 Å². The van der Waals surface area contributed by atoms with Crippen molar-refractivity contribution in [2.45, 2.75) is 45.1 Å². The molecule has 158 valence electrons. The normalized spacial score (nSPS) is 20.8. The van der Waals surface area contributed by atoms with Crippen molar-refractivity contribution in [2.75, 3.05) is 12.4 Å². The predicted octanol–water partition coefficient (Wildman–Crippen LogP) is 2.45.